The Kier molecular flexibility index (Phi) is 5.94. The summed E-state index contributed by atoms with van der Waals surface area (Å²) in [4.78, 5) is 0. The average Bonchev–Trinajstić information content (AvgIpc) is 2.34. The van der Waals surface area contributed by atoms with Crippen LogP contribution in [0.5, 0.6) is 5.75 Å². The third-order valence-corrected chi connectivity index (χ3v) is 2.64. The summed E-state index contributed by atoms with van der Waals surface area (Å²) in [6, 6.07) is 4.79. The van der Waals surface area contributed by atoms with Crippen LogP contribution in [0.2, 0.25) is 0 Å². The number of halogens is 1. The van der Waals surface area contributed by atoms with Crippen LogP contribution in [0, 0.1) is 5.82 Å². The maximum atomic E-state index is 13.7. The third-order valence-electron chi connectivity index (χ3n) is 2.64. The molecule has 0 saturated heterocycles. The summed E-state index contributed by atoms with van der Waals surface area (Å²) in [5.41, 5.74) is 0.576. The van der Waals surface area contributed by atoms with E-state index >= 15 is 0 Å². The highest BCUT2D eigenvalue weighted by molar-refractivity contribution is 5.36. The Morgan fingerprint density at radius 1 is 1.35 bits per heavy atom. The summed E-state index contributed by atoms with van der Waals surface area (Å²) in [6.07, 6.45) is 0.900. The Labute approximate surface area is 102 Å². The second-order valence-electron chi connectivity index (χ2n) is 3.88. The van der Waals surface area contributed by atoms with E-state index in [-0.39, 0.29) is 11.9 Å². The summed E-state index contributed by atoms with van der Waals surface area (Å²) >= 11 is 0. The Bertz CT molecular complexity index is 344. The second-order valence-corrected chi connectivity index (χ2v) is 3.88. The first-order valence-electron chi connectivity index (χ1n) is 5.75. The van der Waals surface area contributed by atoms with E-state index in [1.54, 1.807) is 26.4 Å². The molecule has 0 aliphatic carbocycles. The smallest absolute Gasteiger partial charge is 0.131 e. The molecule has 1 N–H and O–H groups in total. The lowest BCUT2D eigenvalue weighted by Crippen LogP contribution is -2.22. The van der Waals surface area contributed by atoms with Gasteiger partial charge < -0.3 is 14.8 Å². The van der Waals surface area contributed by atoms with Crippen LogP contribution in [0.1, 0.15) is 24.9 Å². The average molecular weight is 241 g/mol. The van der Waals surface area contributed by atoms with Crippen molar-refractivity contribution in [2.24, 2.45) is 0 Å². The summed E-state index contributed by atoms with van der Waals surface area (Å²) < 4.78 is 23.8. The molecule has 0 heterocycles. The highest BCUT2D eigenvalue weighted by Crippen LogP contribution is 2.27. The van der Waals surface area contributed by atoms with Gasteiger partial charge >= 0.3 is 0 Å². The molecule has 0 amide bonds. The first-order chi connectivity index (χ1) is 8.20. The van der Waals surface area contributed by atoms with Crippen LogP contribution in [0.3, 0.4) is 0 Å². The van der Waals surface area contributed by atoms with E-state index in [1.807, 2.05) is 6.92 Å². The van der Waals surface area contributed by atoms with Crippen molar-refractivity contribution in [1.82, 2.24) is 5.32 Å². The van der Waals surface area contributed by atoms with Gasteiger partial charge in [0.1, 0.15) is 11.6 Å². The quantitative estimate of drug-likeness (QED) is 0.744. The normalized spacial score (nSPS) is 12.5. The van der Waals surface area contributed by atoms with Crippen LogP contribution < -0.4 is 10.1 Å². The summed E-state index contributed by atoms with van der Waals surface area (Å²) in [5, 5.41) is 3.25. The molecule has 0 aliphatic rings. The molecule has 96 valence electrons. The highest BCUT2D eigenvalue weighted by Gasteiger charge is 2.15. The van der Waals surface area contributed by atoms with Gasteiger partial charge in [0.05, 0.1) is 7.11 Å². The number of ether oxygens (including phenoxy) is 2. The zero-order chi connectivity index (χ0) is 12.7. The summed E-state index contributed by atoms with van der Waals surface area (Å²) in [5.74, 6) is 0.341. The Hall–Kier alpha value is -1.13. The molecule has 0 radical (unpaired) electrons. The number of nitrogens with one attached hydrogen (secondary N) is 1. The predicted molar refractivity (Wildman–Crippen MR) is 65.9 cm³/mol. The van der Waals surface area contributed by atoms with E-state index in [4.69, 9.17) is 9.47 Å². The van der Waals surface area contributed by atoms with Crippen molar-refractivity contribution in [3.05, 3.63) is 29.6 Å². The van der Waals surface area contributed by atoms with Gasteiger partial charge in [-0.1, -0.05) is 6.07 Å². The van der Waals surface area contributed by atoms with E-state index in [1.165, 1.54) is 6.07 Å². The van der Waals surface area contributed by atoms with Crippen LogP contribution in [0.25, 0.3) is 0 Å². The zero-order valence-electron chi connectivity index (χ0n) is 10.6. The first-order valence-corrected chi connectivity index (χ1v) is 5.75. The molecule has 3 nitrogen and oxygen atoms in total. The van der Waals surface area contributed by atoms with Crippen molar-refractivity contribution in [2.75, 3.05) is 27.4 Å². The number of benzene rings is 1. The number of rotatable bonds is 7. The summed E-state index contributed by atoms with van der Waals surface area (Å²) in [6.45, 7) is 3.41. The van der Waals surface area contributed by atoms with Crippen molar-refractivity contribution in [3.8, 4) is 5.75 Å². The lowest BCUT2D eigenvalue weighted by atomic mass is 10.1. The molecule has 0 bridgehead atoms. The molecule has 0 saturated carbocycles. The number of hydrogen-bond acceptors (Lipinski definition) is 3. The molecule has 1 aromatic carbocycles. The minimum absolute atomic E-state index is 0.0805. The van der Waals surface area contributed by atoms with Crippen molar-refractivity contribution in [3.63, 3.8) is 0 Å². The third kappa shape index (κ3) is 3.98. The number of hydrogen-bond donors (Lipinski definition) is 1. The number of methoxy groups -OCH3 is 2. The van der Waals surface area contributed by atoms with E-state index < -0.39 is 0 Å². The molecule has 0 aliphatic heterocycles. The molecular formula is C13H20FNO2. The van der Waals surface area contributed by atoms with Gasteiger partial charge in [-0.05, 0) is 32.0 Å². The minimum Gasteiger partial charge on any atom is -0.496 e. The van der Waals surface area contributed by atoms with Crippen LogP contribution >= 0.6 is 0 Å². The van der Waals surface area contributed by atoms with Gasteiger partial charge in [0.2, 0.25) is 0 Å². The van der Waals surface area contributed by atoms with Crippen molar-refractivity contribution in [1.29, 1.82) is 0 Å². The second kappa shape index (κ2) is 7.25. The fourth-order valence-corrected chi connectivity index (χ4v) is 1.75. The van der Waals surface area contributed by atoms with Gasteiger partial charge in [0.15, 0.2) is 0 Å². The molecule has 1 atom stereocenters. The molecule has 1 aromatic rings. The fraction of sp³-hybridized carbons (Fsp3) is 0.538. The zero-order valence-corrected chi connectivity index (χ0v) is 10.6. The Balaban J connectivity index is 2.64. The monoisotopic (exact) mass is 241 g/mol. The molecule has 0 fully saturated rings. The van der Waals surface area contributed by atoms with Gasteiger partial charge in [-0.25, -0.2) is 4.39 Å². The largest absolute Gasteiger partial charge is 0.496 e. The van der Waals surface area contributed by atoms with Gasteiger partial charge in [-0.3, -0.25) is 0 Å². The minimum atomic E-state index is -0.240. The van der Waals surface area contributed by atoms with Crippen LogP contribution in [-0.4, -0.2) is 27.4 Å². The van der Waals surface area contributed by atoms with Gasteiger partial charge in [-0.15, -0.1) is 0 Å². The standard InChI is InChI=1S/C13H20FNO2/c1-10(15-8-5-9-16-2)13-11(14)6-4-7-12(13)17-3/h4,6-7,10,15H,5,8-9H2,1-3H3. The molecule has 0 spiro atoms. The van der Waals surface area contributed by atoms with Gasteiger partial charge in [0.25, 0.3) is 0 Å². The highest BCUT2D eigenvalue weighted by atomic mass is 19.1. The lowest BCUT2D eigenvalue weighted by molar-refractivity contribution is 0.193. The van der Waals surface area contributed by atoms with Crippen molar-refractivity contribution >= 4 is 0 Å². The van der Waals surface area contributed by atoms with Crippen LogP contribution in [0.4, 0.5) is 4.39 Å². The molecule has 1 unspecified atom stereocenters. The van der Waals surface area contributed by atoms with E-state index in [9.17, 15) is 4.39 Å². The first kappa shape index (κ1) is 13.9. The van der Waals surface area contributed by atoms with E-state index in [2.05, 4.69) is 5.32 Å². The molecule has 0 aromatic heterocycles. The van der Waals surface area contributed by atoms with Gasteiger partial charge in [0, 0.05) is 25.3 Å². The maximum absolute atomic E-state index is 13.7. The lowest BCUT2D eigenvalue weighted by Gasteiger charge is -2.17. The molecule has 1 rings (SSSR count). The van der Waals surface area contributed by atoms with Gasteiger partial charge in [-0.2, -0.15) is 0 Å². The Morgan fingerprint density at radius 2 is 2.12 bits per heavy atom. The molecular weight excluding hydrogens is 221 g/mol. The molecule has 4 heteroatoms. The fourth-order valence-electron chi connectivity index (χ4n) is 1.75. The molecule has 17 heavy (non-hydrogen) atoms. The van der Waals surface area contributed by atoms with Crippen molar-refractivity contribution < 1.29 is 13.9 Å². The van der Waals surface area contributed by atoms with E-state index in [0.29, 0.717) is 17.9 Å². The van der Waals surface area contributed by atoms with Crippen LogP contribution in [-0.2, 0) is 4.74 Å². The van der Waals surface area contributed by atoms with Crippen LogP contribution in [0.15, 0.2) is 18.2 Å². The van der Waals surface area contributed by atoms with E-state index in [0.717, 1.165) is 13.0 Å². The summed E-state index contributed by atoms with van der Waals surface area (Å²) in [7, 11) is 3.22. The Morgan fingerprint density at radius 3 is 2.76 bits per heavy atom. The predicted octanol–water partition coefficient (Wildman–Crippen LogP) is 2.52. The van der Waals surface area contributed by atoms with Crippen molar-refractivity contribution in [2.45, 2.75) is 19.4 Å². The maximum Gasteiger partial charge on any atom is 0.131 e. The SMILES string of the molecule is COCCCNC(C)c1c(F)cccc1OC. The topological polar surface area (TPSA) is 30.5 Å².